The molecule has 5 nitrogen and oxygen atoms in total. The molecule has 166 valence electrons. The smallest absolute Gasteiger partial charge is 0.261 e. The summed E-state index contributed by atoms with van der Waals surface area (Å²) in [6, 6.07) is 12.2. The molecule has 2 aromatic rings. The van der Waals surface area contributed by atoms with E-state index in [9.17, 15) is 14.0 Å². The number of hydrogen-bond donors (Lipinski definition) is 1. The Hall–Kier alpha value is -2.60. The molecule has 0 heterocycles. The molecule has 7 heteroatoms. The van der Waals surface area contributed by atoms with Gasteiger partial charge in [-0.3, -0.25) is 9.59 Å². The first-order chi connectivity index (χ1) is 15.0. The highest BCUT2D eigenvalue weighted by molar-refractivity contribution is 6.31. The van der Waals surface area contributed by atoms with Crippen molar-refractivity contribution in [1.82, 2.24) is 10.2 Å². The fourth-order valence-corrected chi connectivity index (χ4v) is 4.05. The Balaban J connectivity index is 1.76. The SMILES string of the molecule is CC[C@@H](C(=O)NC1CCCC1)N(Cc1ccccc1Cl)C(=O)COc1ccc(F)cc1. The fourth-order valence-electron chi connectivity index (χ4n) is 3.86. The number of ether oxygens (including phenoxy) is 1. The summed E-state index contributed by atoms with van der Waals surface area (Å²) in [4.78, 5) is 27.7. The van der Waals surface area contributed by atoms with E-state index in [0.29, 0.717) is 17.2 Å². The van der Waals surface area contributed by atoms with Gasteiger partial charge < -0.3 is 15.0 Å². The summed E-state index contributed by atoms with van der Waals surface area (Å²) in [5.41, 5.74) is 0.756. The van der Waals surface area contributed by atoms with E-state index in [1.54, 1.807) is 6.07 Å². The fraction of sp³-hybridized carbons (Fsp3) is 0.417. The average Bonchev–Trinajstić information content (AvgIpc) is 3.27. The third-order valence-corrected chi connectivity index (χ3v) is 5.93. The van der Waals surface area contributed by atoms with E-state index in [1.165, 1.54) is 29.2 Å². The zero-order chi connectivity index (χ0) is 22.2. The van der Waals surface area contributed by atoms with Gasteiger partial charge in [-0.1, -0.05) is 49.6 Å². The zero-order valence-corrected chi connectivity index (χ0v) is 18.4. The second kappa shape index (κ2) is 11.1. The van der Waals surface area contributed by atoms with Crippen molar-refractivity contribution in [3.63, 3.8) is 0 Å². The minimum atomic E-state index is -0.638. The van der Waals surface area contributed by atoms with Gasteiger partial charge in [0.2, 0.25) is 5.91 Å². The topological polar surface area (TPSA) is 58.6 Å². The highest BCUT2D eigenvalue weighted by Gasteiger charge is 2.31. The number of hydrogen-bond acceptors (Lipinski definition) is 3. The van der Waals surface area contributed by atoms with E-state index in [2.05, 4.69) is 5.32 Å². The van der Waals surface area contributed by atoms with Crippen molar-refractivity contribution in [2.75, 3.05) is 6.61 Å². The lowest BCUT2D eigenvalue weighted by Gasteiger charge is -2.31. The molecular weight excluding hydrogens is 419 g/mol. The van der Waals surface area contributed by atoms with Gasteiger partial charge in [0.15, 0.2) is 6.61 Å². The Morgan fingerprint density at radius 1 is 1.16 bits per heavy atom. The van der Waals surface area contributed by atoms with E-state index < -0.39 is 6.04 Å². The minimum absolute atomic E-state index is 0.156. The first-order valence-corrected chi connectivity index (χ1v) is 11.1. The number of carbonyl (C=O) groups is 2. The molecule has 0 aliphatic heterocycles. The molecule has 0 aromatic heterocycles. The van der Waals surface area contributed by atoms with Crippen molar-refractivity contribution in [2.24, 2.45) is 0 Å². The normalized spacial score (nSPS) is 14.8. The van der Waals surface area contributed by atoms with Crippen LogP contribution in [0.2, 0.25) is 5.02 Å². The van der Waals surface area contributed by atoms with Gasteiger partial charge >= 0.3 is 0 Å². The predicted octanol–water partition coefficient (Wildman–Crippen LogP) is 4.72. The van der Waals surface area contributed by atoms with Gasteiger partial charge in [-0.05, 0) is 55.2 Å². The van der Waals surface area contributed by atoms with Gasteiger partial charge in [-0.15, -0.1) is 0 Å². The van der Waals surface area contributed by atoms with Crippen LogP contribution in [-0.4, -0.2) is 35.4 Å². The Morgan fingerprint density at radius 3 is 2.48 bits per heavy atom. The van der Waals surface area contributed by atoms with Gasteiger partial charge in [0.25, 0.3) is 5.91 Å². The van der Waals surface area contributed by atoms with Crippen LogP contribution in [0.4, 0.5) is 4.39 Å². The lowest BCUT2D eigenvalue weighted by Crippen LogP contribution is -2.52. The molecule has 0 unspecified atom stereocenters. The quantitative estimate of drug-likeness (QED) is 0.606. The van der Waals surface area contributed by atoms with E-state index in [1.807, 2.05) is 25.1 Å². The molecule has 1 fully saturated rings. The molecule has 2 amide bonds. The Kier molecular flexibility index (Phi) is 8.29. The summed E-state index contributed by atoms with van der Waals surface area (Å²) in [6.07, 6.45) is 4.61. The van der Waals surface area contributed by atoms with Crippen molar-refractivity contribution in [3.05, 3.63) is 64.9 Å². The molecule has 0 radical (unpaired) electrons. The van der Waals surface area contributed by atoms with Gasteiger partial charge in [0, 0.05) is 17.6 Å². The molecule has 3 rings (SSSR count). The lowest BCUT2D eigenvalue weighted by atomic mass is 10.1. The number of benzene rings is 2. The molecule has 1 atom stereocenters. The van der Waals surface area contributed by atoms with Crippen LogP contribution in [0.25, 0.3) is 0 Å². The summed E-state index contributed by atoms with van der Waals surface area (Å²) in [5.74, 6) is -0.487. The zero-order valence-electron chi connectivity index (χ0n) is 17.7. The first kappa shape index (κ1) is 23.1. The van der Waals surface area contributed by atoms with E-state index >= 15 is 0 Å². The Morgan fingerprint density at radius 2 is 1.84 bits per heavy atom. The average molecular weight is 447 g/mol. The van der Waals surface area contributed by atoms with Crippen LogP contribution in [-0.2, 0) is 16.1 Å². The maximum Gasteiger partial charge on any atom is 0.261 e. The van der Waals surface area contributed by atoms with Crippen LogP contribution < -0.4 is 10.1 Å². The monoisotopic (exact) mass is 446 g/mol. The highest BCUT2D eigenvalue weighted by atomic mass is 35.5. The van der Waals surface area contributed by atoms with Crippen molar-refractivity contribution in [1.29, 1.82) is 0 Å². The molecule has 1 saturated carbocycles. The third kappa shape index (κ3) is 6.44. The van der Waals surface area contributed by atoms with Crippen molar-refractivity contribution >= 4 is 23.4 Å². The number of nitrogens with zero attached hydrogens (tertiary/aromatic N) is 1. The molecule has 2 aromatic carbocycles. The number of nitrogens with one attached hydrogen (secondary N) is 1. The number of amides is 2. The van der Waals surface area contributed by atoms with E-state index in [0.717, 1.165) is 31.2 Å². The van der Waals surface area contributed by atoms with Crippen LogP contribution in [0.1, 0.15) is 44.6 Å². The summed E-state index contributed by atoms with van der Waals surface area (Å²) in [7, 11) is 0. The summed E-state index contributed by atoms with van der Waals surface area (Å²) in [6.45, 7) is 1.82. The van der Waals surface area contributed by atoms with E-state index in [4.69, 9.17) is 16.3 Å². The Labute approximate surface area is 187 Å². The molecule has 0 spiro atoms. The molecule has 0 bridgehead atoms. The molecule has 1 aliphatic carbocycles. The predicted molar refractivity (Wildman–Crippen MR) is 118 cm³/mol. The van der Waals surface area contributed by atoms with Crippen LogP contribution >= 0.6 is 11.6 Å². The van der Waals surface area contributed by atoms with Crippen molar-refractivity contribution < 1.29 is 18.7 Å². The summed E-state index contributed by atoms with van der Waals surface area (Å²) >= 11 is 6.32. The summed E-state index contributed by atoms with van der Waals surface area (Å²) in [5, 5.41) is 3.63. The van der Waals surface area contributed by atoms with Crippen molar-refractivity contribution in [3.8, 4) is 5.75 Å². The van der Waals surface area contributed by atoms with Gasteiger partial charge in [0.1, 0.15) is 17.6 Å². The maximum atomic E-state index is 13.1. The van der Waals surface area contributed by atoms with Gasteiger partial charge in [0.05, 0.1) is 0 Å². The third-order valence-electron chi connectivity index (χ3n) is 5.56. The van der Waals surface area contributed by atoms with E-state index in [-0.39, 0.29) is 36.8 Å². The van der Waals surface area contributed by atoms with Crippen LogP contribution in [0, 0.1) is 5.82 Å². The molecule has 1 N–H and O–H groups in total. The number of rotatable bonds is 9. The number of carbonyl (C=O) groups excluding carboxylic acids is 2. The number of halogens is 2. The highest BCUT2D eigenvalue weighted by Crippen LogP contribution is 2.22. The molecule has 31 heavy (non-hydrogen) atoms. The largest absolute Gasteiger partial charge is 0.484 e. The second-order valence-corrected chi connectivity index (χ2v) is 8.18. The lowest BCUT2D eigenvalue weighted by molar-refractivity contribution is -0.143. The van der Waals surface area contributed by atoms with Crippen molar-refractivity contribution in [2.45, 2.75) is 57.7 Å². The standard InChI is InChI=1S/C24H28ClFN2O3/c1-2-22(24(30)27-19-8-4-5-9-19)28(15-17-7-3-6-10-21(17)25)23(29)16-31-20-13-11-18(26)12-14-20/h3,6-7,10-14,19,22H,2,4-5,8-9,15-16H2,1H3,(H,27,30)/t22-/m0/s1. The second-order valence-electron chi connectivity index (χ2n) is 7.77. The van der Waals surface area contributed by atoms with Crippen LogP contribution in [0.5, 0.6) is 5.75 Å². The maximum absolute atomic E-state index is 13.1. The first-order valence-electron chi connectivity index (χ1n) is 10.7. The molecular formula is C24H28ClFN2O3. The molecule has 1 aliphatic rings. The van der Waals surface area contributed by atoms with Gasteiger partial charge in [-0.2, -0.15) is 0 Å². The summed E-state index contributed by atoms with van der Waals surface area (Å²) < 4.78 is 18.7. The minimum Gasteiger partial charge on any atom is -0.484 e. The van der Waals surface area contributed by atoms with Crippen LogP contribution in [0.3, 0.4) is 0 Å². The molecule has 0 saturated heterocycles. The van der Waals surface area contributed by atoms with Crippen LogP contribution in [0.15, 0.2) is 48.5 Å². The Bertz CT molecular complexity index is 885. The van der Waals surface area contributed by atoms with Gasteiger partial charge in [-0.25, -0.2) is 4.39 Å².